The van der Waals surface area contributed by atoms with Crippen molar-refractivity contribution < 1.29 is 9.90 Å². The highest BCUT2D eigenvalue weighted by Crippen LogP contribution is 2.26. The predicted molar refractivity (Wildman–Crippen MR) is 102 cm³/mol. The molecule has 0 radical (unpaired) electrons. The van der Waals surface area contributed by atoms with Crippen LogP contribution in [0.2, 0.25) is 0 Å². The Hall–Kier alpha value is -4.01. The molecule has 0 saturated carbocycles. The summed E-state index contributed by atoms with van der Waals surface area (Å²) < 4.78 is 5.85. The Morgan fingerprint density at radius 3 is 2.82 bits per heavy atom. The molecule has 0 amide bonds. The van der Waals surface area contributed by atoms with Gasteiger partial charge in [0.05, 0.1) is 29.5 Å². The molecule has 0 spiro atoms. The smallest absolute Gasteiger partial charge is 0.290 e. The summed E-state index contributed by atoms with van der Waals surface area (Å²) in [6.45, 7) is 2.49. The minimum atomic E-state index is -0.250. The maximum atomic E-state index is 8.36. The van der Waals surface area contributed by atoms with E-state index in [4.69, 9.17) is 9.90 Å². The summed E-state index contributed by atoms with van der Waals surface area (Å²) in [5.41, 5.74) is 5.15. The van der Waals surface area contributed by atoms with E-state index in [0.29, 0.717) is 6.54 Å². The highest BCUT2D eigenvalue weighted by Gasteiger charge is 2.14. The molecule has 5 aromatic heterocycles. The third-order valence-corrected chi connectivity index (χ3v) is 4.41. The predicted octanol–water partition coefficient (Wildman–Crippen LogP) is 2.30. The molecule has 5 aromatic rings. The highest BCUT2D eigenvalue weighted by molar-refractivity contribution is 5.78. The Balaban J connectivity index is 0.000000604. The molecule has 28 heavy (non-hydrogen) atoms. The van der Waals surface area contributed by atoms with Crippen molar-refractivity contribution in [2.45, 2.75) is 13.5 Å². The number of carbonyl (C=O) groups is 1. The SMILES string of the molecule is Cc1cccn2ncc(-c3nccn3Cc3cccc4ncnn34)c12.O=CO. The van der Waals surface area contributed by atoms with Crippen molar-refractivity contribution in [3.63, 3.8) is 0 Å². The topological polar surface area (TPSA) is 103 Å². The van der Waals surface area contributed by atoms with E-state index in [9.17, 15) is 0 Å². The molecule has 5 heterocycles. The molecule has 5 rings (SSSR count). The molecule has 0 fully saturated rings. The van der Waals surface area contributed by atoms with Crippen molar-refractivity contribution in [2.24, 2.45) is 0 Å². The Morgan fingerprint density at radius 2 is 1.96 bits per heavy atom. The van der Waals surface area contributed by atoms with Gasteiger partial charge in [-0.25, -0.2) is 19.0 Å². The van der Waals surface area contributed by atoms with E-state index in [0.717, 1.165) is 28.2 Å². The molecule has 0 aliphatic rings. The summed E-state index contributed by atoms with van der Waals surface area (Å²) in [6.07, 6.45) is 9.19. The second kappa shape index (κ2) is 7.31. The second-order valence-electron chi connectivity index (χ2n) is 6.07. The number of aryl methyl sites for hydroxylation is 1. The monoisotopic (exact) mass is 375 g/mol. The van der Waals surface area contributed by atoms with E-state index in [1.807, 2.05) is 58.1 Å². The van der Waals surface area contributed by atoms with Crippen molar-refractivity contribution in [1.82, 2.24) is 33.8 Å². The van der Waals surface area contributed by atoms with Crippen LogP contribution in [-0.4, -0.2) is 45.3 Å². The first-order valence-electron chi connectivity index (χ1n) is 8.53. The van der Waals surface area contributed by atoms with Gasteiger partial charge in [0.2, 0.25) is 0 Å². The Morgan fingerprint density at radius 1 is 1.11 bits per heavy atom. The number of nitrogens with zero attached hydrogens (tertiary/aromatic N) is 7. The van der Waals surface area contributed by atoms with Crippen LogP contribution in [-0.2, 0) is 11.3 Å². The molecule has 0 saturated heterocycles. The normalized spacial score (nSPS) is 10.8. The number of fused-ring (bicyclic) bond motifs is 2. The highest BCUT2D eigenvalue weighted by atomic mass is 16.3. The van der Waals surface area contributed by atoms with Gasteiger partial charge in [-0.05, 0) is 30.7 Å². The van der Waals surface area contributed by atoms with Crippen molar-refractivity contribution in [3.05, 3.63) is 72.7 Å². The Kier molecular flexibility index (Phi) is 4.55. The van der Waals surface area contributed by atoms with Gasteiger partial charge >= 0.3 is 0 Å². The molecule has 0 aliphatic carbocycles. The number of hydrogen-bond donors (Lipinski definition) is 1. The van der Waals surface area contributed by atoms with E-state index in [-0.39, 0.29) is 6.47 Å². The summed E-state index contributed by atoms with van der Waals surface area (Å²) in [7, 11) is 0. The number of rotatable bonds is 3. The van der Waals surface area contributed by atoms with Gasteiger partial charge in [-0.1, -0.05) is 12.1 Å². The quantitative estimate of drug-likeness (QED) is 0.486. The van der Waals surface area contributed by atoms with E-state index < -0.39 is 0 Å². The van der Waals surface area contributed by atoms with Crippen LogP contribution >= 0.6 is 0 Å². The number of hydrogen-bond acceptors (Lipinski definition) is 5. The van der Waals surface area contributed by atoms with Crippen molar-refractivity contribution in [1.29, 1.82) is 0 Å². The van der Waals surface area contributed by atoms with Gasteiger partial charge in [0.1, 0.15) is 12.2 Å². The zero-order valence-electron chi connectivity index (χ0n) is 15.0. The van der Waals surface area contributed by atoms with E-state index in [1.165, 1.54) is 5.56 Å². The molecule has 9 heteroatoms. The lowest BCUT2D eigenvalue weighted by molar-refractivity contribution is -0.122. The van der Waals surface area contributed by atoms with Crippen LogP contribution in [0.5, 0.6) is 0 Å². The molecule has 0 aromatic carbocycles. The molecule has 0 bridgehead atoms. The lowest BCUT2D eigenvalue weighted by atomic mass is 10.1. The summed E-state index contributed by atoms with van der Waals surface area (Å²) >= 11 is 0. The summed E-state index contributed by atoms with van der Waals surface area (Å²) in [4.78, 5) is 17.2. The van der Waals surface area contributed by atoms with Gasteiger partial charge in [0.25, 0.3) is 6.47 Å². The molecular weight excluding hydrogens is 358 g/mol. The van der Waals surface area contributed by atoms with Crippen LogP contribution in [0, 0.1) is 6.92 Å². The molecule has 140 valence electrons. The first-order chi connectivity index (χ1) is 13.7. The molecule has 1 N–H and O–H groups in total. The van der Waals surface area contributed by atoms with Crippen LogP contribution in [0.3, 0.4) is 0 Å². The van der Waals surface area contributed by atoms with Gasteiger partial charge in [-0.2, -0.15) is 10.2 Å². The average molecular weight is 375 g/mol. The van der Waals surface area contributed by atoms with Crippen LogP contribution in [0.15, 0.2) is 61.4 Å². The Bertz CT molecular complexity index is 1250. The summed E-state index contributed by atoms with van der Waals surface area (Å²) in [5, 5.41) is 15.7. The van der Waals surface area contributed by atoms with E-state index in [1.54, 1.807) is 6.33 Å². The van der Waals surface area contributed by atoms with Gasteiger partial charge in [0.15, 0.2) is 5.65 Å². The van der Waals surface area contributed by atoms with Crippen LogP contribution in [0.1, 0.15) is 11.3 Å². The number of pyridine rings is 2. The molecule has 0 atom stereocenters. The van der Waals surface area contributed by atoms with Gasteiger partial charge in [-0.15, -0.1) is 0 Å². The fraction of sp³-hybridized carbons (Fsp3) is 0.105. The fourth-order valence-corrected chi connectivity index (χ4v) is 3.26. The molecule has 0 aliphatic heterocycles. The first kappa shape index (κ1) is 17.4. The van der Waals surface area contributed by atoms with Gasteiger partial charge < -0.3 is 9.67 Å². The van der Waals surface area contributed by atoms with Crippen LogP contribution in [0.4, 0.5) is 0 Å². The standard InChI is InChI=1S/C18H15N7.CH2O2/c1-13-4-3-8-24-17(13)15(10-21-24)18-19-7-9-23(18)11-14-5-2-6-16-20-12-22-25(14)16;2-1-3/h2-10,12H,11H2,1H3;1H,(H,2,3). The molecular formula is C19H17N7O2. The average Bonchev–Trinajstić information content (AvgIpc) is 3.42. The molecule has 0 unspecified atom stereocenters. The third kappa shape index (κ3) is 2.98. The zero-order chi connectivity index (χ0) is 19.5. The van der Waals surface area contributed by atoms with E-state index in [2.05, 4.69) is 37.7 Å². The molecule has 9 nitrogen and oxygen atoms in total. The van der Waals surface area contributed by atoms with Crippen molar-refractivity contribution >= 4 is 17.6 Å². The third-order valence-electron chi connectivity index (χ3n) is 4.41. The van der Waals surface area contributed by atoms with E-state index >= 15 is 0 Å². The maximum Gasteiger partial charge on any atom is 0.290 e. The zero-order valence-corrected chi connectivity index (χ0v) is 15.0. The minimum absolute atomic E-state index is 0.250. The lowest BCUT2D eigenvalue weighted by Gasteiger charge is -2.09. The maximum absolute atomic E-state index is 8.36. The van der Waals surface area contributed by atoms with Crippen LogP contribution < -0.4 is 0 Å². The van der Waals surface area contributed by atoms with Gasteiger partial charge in [0, 0.05) is 18.6 Å². The Labute approximate surface area is 159 Å². The van der Waals surface area contributed by atoms with Crippen molar-refractivity contribution in [2.75, 3.05) is 0 Å². The first-order valence-corrected chi connectivity index (χ1v) is 8.53. The summed E-state index contributed by atoms with van der Waals surface area (Å²) in [6, 6.07) is 10.1. The number of imidazole rings is 1. The van der Waals surface area contributed by atoms with Gasteiger partial charge in [-0.3, -0.25) is 4.79 Å². The van der Waals surface area contributed by atoms with Crippen molar-refractivity contribution in [3.8, 4) is 11.4 Å². The second-order valence-corrected chi connectivity index (χ2v) is 6.07. The van der Waals surface area contributed by atoms with Crippen LogP contribution in [0.25, 0.3) is 22.6 Å². The number of carboxylic acid groups (broad SMARTS) is 1. The minimum Gasteiger partial charge on any atom is -0.483 e. The largest absolute Gasteiger partial charge is 0.483 e. The summed E-state index contributed by atoms with van der Waals surface area (Å²) in [5.74, 6) is 0.890. The number of aromatic nitrogens is 7. The fourth-order valence-electron chi connectivity index (χ4n) is 3.26. The lowest BCUT2D eigenvalue weighted by Crippen LogP contribution is -2.06.